The Morgan fingerprint density at radius 3 is 1.83 bits per heavy atom. The molecule has 0 aromatic rings. The highest BCUT2D eigenvalue weighted by Gasteiger charge is 2.75. The summed E-state index contributed by atoms with van der Waals surface area (Å²) in [5, 5.41) is 3.55. The molecule has 1 saturated carbocycles. The molecule has 1 nitrogen and oxygen atoms in total. The van der Waals surface area contributed by atoms with E-state index in [1.54, 1.807) is 0 Å². The van der Waals surface area contributed by atoms with Crippen LogP contribution >= 0.6 is 0 Å². The molecule has 1 aliphatic carbocycles. The Morgan fingerprint density at radius 2 is 1.58 bits per heavy atom. The van der Waals surface area contributed by atoms with Gasteiger partial charge in [0.25, 0.3) is 0 Å². The van der Waals surface area contributed by atoms with E-state index in [1.807, 2.05) is 0 Å². The molecule has 0 atom stereocenters. The molecule has 1 spiro atoms. The van der Waals surface area contributed by atoms with Crippen molar-refractivity contribution in [2.24, 2.45) is 16.2 Å². The van der Waals surface area contributed by atoms with E-state index >= 15 is 0 Å². The molecule has 0 aromatic carbocycles. The van der Waals surface area contributed by atoms with E-state index in [1.165, 1.54) is 25.9 Å². The first kappa shape index (κ1) is 8.55. The minimum absolute atomic E-state index is 0.549. The molecule has 1 heterocycles. The second-order valence-electron chi connectivity index (χ2n) is 5.61. The zero-order valence-electron chi connectivity index (χ0n) is 8.83. The summed E-state index contributed by atoms with van der Waals surface area (Å²) in [5.41, 5.74) is 1.71. The Labute approximate surface area is 75.9 Å². The van der Waals surface area contributed by atoms with Crippen molar-refractivity contribution in [3.05, 3.63) is 0 Å². The molecule has 12 heavy (non-hydrogen) atoms. The van der Waals surface area contributed by atoms with Crippen molar-refractivity contribution >= 4 is 0 Å². The summed E-state index contributed by atoms with van der Waals surface area (Å²) in [5.74, 6) is 0. The zero-order chi connectivity index (χ0) is 9.04. The first-order valence-electron chi connectivity index (χ1n) is 5.16. The second-order valence-corrected chi connectivity index (χ2v) is 5.61. The predicted molar refractivity (Wildman–Crippen MR) is 52.1 cm³/mol. The van der Waals surface area contributed by atoms with Crippen LogP contribution in [0.5, 0.6) is 0 Å². The van der Waals surface area contributed by atoms with E-state index in [0.29, 0.717) is 16.2 Å². The summed E-state index contributed by atoms with van der Waals surface area (Å²) in [6, 6.07) is 0. The van der Waals surface area contributed by atoms with Gasteiger partial charge in [0.05, 0.1) is 0 Å². The molecular weight excluding hydrogens is 146 g/mol. The van der Waals surface area contributed by atoms with Gasteiger partial charge in [-0.25, -0.2) is 0 Å². The van der Waals surface area contributed by atoms with Gasteiger partial charge in [-0.3, -0.25) is 0 Å². The third kappa shape index (κ3) is 0.654. The van der Waals surface area contributed by atoms with Crippen LogP contribution in [0.3, 0.4) is 0 Å². The smallest absolute Gasteiger partial charge is 0.00185 e. The first-order chi connectivity index (χ1) is 5.46. The highest BCUT2D eigenvalue weighted by atomic mass is 15.0. The SMILES string of the molecule is CC1(C)C(C)(C)C12CCCNC2. The molecule has 1 aliphatic heterocycles. The van der Waals surface area contributed by atoms with Crippen molar-refractivity contribution in [2.45, 2.75) is 40.5 Å². The molecule has 1 N–H and O–H groups in total. The lowest BCUT2D eigenvalue weighted by molar-refractivity contribution is 0.270. The predicted octanol–water partition coefficient (Wildman–Crippen LogP) is 2.42. The maximum Gasteiger partial charge on any atom is 0.00185 e. The molecule has 0 aromatic heterocycles. The molecule has 2 fully saturated rings. The molecule has 0 amide bonds. The monoisotopic (exact) mass is 167 g/mol. The lowest BCUT2D eigenvalue weighted by Gasteiger charge is -2.27. The minimum Gasteiger partial charge on any atom is -0.316 e. The Morgan fingerprint density at radius 1 is 1.00 bits per heavy atom. The Bertz CT molecular complexity index is 181. The molecule has 0 bridgehead atoms. The second kappa shape index (κ2) is 2.06. The van der Waals surface area contributed by atoms with Crippen molar-refractivity contribution in [3.63, 3.8) is 0 Å². The fourth-order valence-electron chi connectivity index (χ4n) is 3.52. The summed E-state index contributed by atoms with van der Waals surface area (Å²) in [7, 11) is 0. The number of hydrogen-bond donors (Lipinski definition) is 1. The third-order valence-electron chi connectivity index (χ3n) is 5.28. The molecule has 70 valence electrons. The summed E-state index contributed by atoms with van der Waals surface area (Å²) in [6.45, 7) is 12.2. The lowest BCUT2D eigenvalue weighted by Crippen LogP contribution is -2.35. The van der Waals surface area contributed by atoms with Crippen LogP contribution in [-0.2, 0) is 0 Å². The van der Waals surface area contributed by atoms with Gasteiger partial charge in [0.1, 0.15) is 0 Å². The highest BCUT2D eigenvalue weighted by Crippen LogP contribution is 2.79. The van der Waals surface area contributed by atoms with Crippen LogP contribution in [0.4, 0.5) is 0 Å². The van der Waals surface area contributed by atoms with Gasteiger partial charge in [-0.1, -0.05) is 27.7 Å². The van der Waals surface area contributed by atoms with E-state index in [2.05, 4.69) is 33.0 Å². The van der Waals surface area contributed by atoms with Gasteiger partial charge in [0.2, 0.25) is 0 Å². The van der Waals surface area contributed by atoms with Crippen molar-refractivity contribution in [1.29, 1.82) is 0 Å². The van der Waals surface area contributed by atoms with E-state index in [0.717, 1.165) is 0 Å². The lowest BCUT2D eigenvalue weighted by atomic mass is 9.86. The topological polar surface area (TPSA) is 12.0 Å². The van der Waals surface area contributed by atoms with Crippen molar-refractivity contribution in [2.75, 3.05) is 13.1 Å². The van der Waals surface area contributed by atoms with Gasteiger partial charge in [0.15, 0.2) is 0 Å². The van der Waals surface area contributed by atoms with Crippen LogP contribution in [-0.4, -0.2) is 13.1 Å². The fraction of sp³-hybridized carbons (Fsp3) is 1.00. The maximum atomic E-state index is 3.55. The van der Waals surface area contributed by atoms with Crippen molar-refractivity contribution < 1.29 is 0 Å². The highest BCUT2D eigenvalue weighted by molar-refractivity contribution is 5.24. The molecule has 0 radical (unpaired) electrons. The van der Waals surface area contributed by atoms with Crippen molar-refractivity contribution in [1.82, 2.24) is 5.32 Å². The van der Waals surface area contributed by atoms with Gasteiger partial charge < -0.3 is 5.32 Å². The number of rotatable bonds is 0. The Hall–Kier alpha value is -0.0400. The number of hydrogen-bond acceptors (Lipinski definition) is 1. The van der Waals surface area contributed by atoms with Crippen molar-refractivity contribution in [3.8, 4) is 0 Å². The van der Waals surface area contributed by atoms with Gasteiger partial charge in [-0.2, -0.15) is 0 Å². The summed E-state index contributed by atoms with van der Waals surface area (Å²) in [4.78, 5) is 0. The molecule has 1 heteroatoms. The zero-order valence-corrected chi connectivity index (χ0v) is 8.83. The average Bonchev–Trinajstić information content (AvgIpc) is 2.33. The van der Waals surface area contributed by atoms with Gasteiger partial charge in [0, 0.05) is 6.54 Å². The maximum absolute atomic E-state index is 3.55. The summed E-state index contributed by atoms with van der Waals surface area (Å²) < 4.78 is 0. The Balaban J connectivity index is 2.24. The number of piperidine rings is 1. The molecule has 2 rings (SSSR count). The van der Waals surface area contributed by atoms with E-state index in [4.69, 9.17) is 0 Å². The minimum atomic E-state index is 0.549. The Kier molecular flexibility index (Phi) is 1.47. The average molecular weight is 167 g/mol. The fourth-order valence-corrected chi connectivity index (χ4v) is 3.52. The van der Waals surface area contributed by atoms with Crippen LogP contribution in [0.1, 0.15) is 40.5 Å². The largest absolute Gasteiger partial charge is 0.316 e. The third-order valence-corrected chi connectivity index (χ3v) is 5.28. The van der Waals surface area contributed by atoms with Gasteiger partial charge in [-0.15, -0.1) is 0 Å². The van der Waals surface area contributed by atoms with E-state index in [9.17, 15) is 0 Å². The molecule has 2 aliphatic rings. The molecular formula is C11H21N. The summed E-state index contributed by atoms with van der Waals surface area (Å²) in [6.07, 6.45) is 2.80. The van der Waals surface area contributed by atoms with E-state index in [-0.39, 0.29) is 0 Å². The molecule has 1 saturated heterocycles. The molecule has 0 unspecified atom stereocenters. The number of nitrogens with one attached hydrogen (secondary N) is 1. The van der Waals surface area contributed by atoms with Crippen LogP contribution in [0.15, 0.2) is 0 Å². The van der Waals surface area contributed by atoms with E-state index < -0.39 is 0 Å². The van der Waals surface area contributed by atoms with Crippen LogP contribution < -0.4 is 5.32 Å². The van der Waals surface area contributed by atoms with Crippen LogP contribution in [0, 0.1) is 16.2 Å². The van der Waals surface area contributed by atoms with Crippen LogP contribution in [0.25, 0.3) is 0 Å². The normalized spacial score (nSPS) is 35.0. The van der Waals surface area contributed by atoms with Gasteiger partial charge >= 0.3 is 0 Å². The van der Waals surface area contributed by atoms with Gasteiger partial charge in [-0.05, 0) is 35.6 Å². The first-order valence-corrected chi connectivity index (χ1v) is 5.16. The standard InChI is InChI=1S/C11H21N/c1-9(2)10(3,4)11(9)6-5-7-12-8-11/h12H,5-8H2,1-4H3. The summed E-state index contributed by atoms with van der Waals surface area (Å²) >= 11 is 0. The quantitative estimate of drug-likeness (QED) is 0.584. The van der Waals surface area contributed by atoms with Crippen LogP contribution in [0.2, 0.25) is 0 Å².